The molecule has 4 heteroatoms. The highest BCUT2D eigenvalue weighted by molar-refractivity contribution is 8.00. The van der Waals surface area contributed by atoms with Crippen LogP contribution in [0.25, 0.3) is 0 Å². The molecule has 15 heavy (non-hydrogen) atoms. The second-order valence-electron chi connectivity index (χ2n) is 3.48. The largest absolute Gasteiger partial charge is 0.459 e. The summed E-state index contributed by atoms with van der Waals surface area (Å²) in [6.45, 7) is 1.70. The van der Waals surface area contributed by atoms with Crippen LogP contribution < -0.4 is 0 Å². The Hall–Kier alpha value is -1.00. The third-order valence-corrected chi connectivity index (χ3v) is 3.60. The Morgan fingerprint density at radius 3 is 2.53 bits per heavy atom. The molecule has 3 atom stereocenters. The molecule has 1 aliphatic rings. The Bertz CT molecular complexity index is 352. The number of benzene rings is 1. The van der Waals surface area contributed by atoms with Crippen molar-refractivity contribution < 1.29 is 14.6 Å². The lowest BCUT2D eigenvalue weighted by Gasteiger charge is -2.11. The van der Waals surface area contributed by atoms with Crippen molar-refractivity contribution in [2.75, 3.05) is 0 Å². The summed E-state index contributed by atoms with van der Waals surface area (Å²) in [6, 6.07) is 9.54. The fraction of sp³-hybridized carbons (Fsp3) is 0.364. The molecule has 1 aromatic carbocycles. The number of aliphatic hydroxyl groups excluding tert-OH is 1. The summed E-state index contributed by atoms with van der Waals surface area (Å²) in [5.74, 6) is -0.330. The second-order valence-corrected chi connectivity index (χ2v) is 4.70. The zero-order valence-electron chi connectivity index (χ0n) is 8.29. The van der Waals surface area contributed by atoms with E-state index >= 15 is 0 Å². The van der Waals surface area contributed by atoms with Crippen LogP contribution in [0.5, 0.6) is 0 Å². The number of cyclic esters (lactones) is 1. The zero-order valence-corrected chi connectivity index (χ0v) is 9.11. The average Bonchev–Trinajstić information content (AvgIpc) is 2.47. The summed E-state index contributed by atoms with van der Waals surface area (Å²) in [6.07, 6.45) is -1.12. The molecule has 1 saturated heterocycles. The van der Waals surface area contributed by atoms with Crippen molar-refractivity contribution in [1.82, 2.24) is 0 Å². The van der Waals surface area contributed by atoms with Crippen molar-refractivity contribution in [1.29, 1.82) is 0 Å². The zero-order chi connectivity index (χ0) is 10.8. The molecule has 0 aromatic heterocycles. The number of carbonyl (C=O) groups is 1. The van der Waals surface area contributed by atoms with Gasteiger partial charge in [-0.1, -0.05) is 18.2 Å². The molecule has 0 aliphatic carbocycles. The monoisotopic (exact) mass is 224 g/mol. The standard InChI is InChI=1S/C11H12O3S/c1-7-9(12)10(11(13)14-7)15-8-5-3-2-4-6-8/h2-7,9-10,12H,1H3/t7-,9+,10+/m1/s1. The summed E-state index contributed by atoms with van der Waals surface area (Å²) < 4.78 is 4.95. The van der Waals surface area contributed by atoms with Gasteiger partial charge in [0.15, 0.2) is 0 Å². The van der Waals surface area contributed by atoms with Crippen LogP contribution in [0.4, 0.5) is 0 Å². The Morgan fingerprint density at radius 2 is 2.00 bits per heavy atom. The number of hydrogen-bond acceptors (Lipinski definition) is 4. The van der Waals surface area contributed by atoms with Gasteiger partial charge in [-0.3, -0.25) is 4.79 Å². The molecule has 1 fully saturated rings. The van der Waals surface area contributed by atoms with E-state index in [9.17, 15) is 9.90 Å². The number of esters is 1. The summed E-state index contributed by atoms with van der Waals surface area (Å²) in [4.78, 5) is 12.4. The number of thioether (sulfide) groups is 1. The van der Waals surface area contributed by atoms with Gasteiger partial charge < -0.3 is 9.84 Å². The minimum absolute atomic E-state index is 0.330. The van der Waals surface area contributed by atoms with Gasteiger partial charge in [-0.2, -0.15) is 0 Å². The molecule has 2 rings (SSSR count). The fourth-order valence-electron chi connectivity index (χ4n) is 1.47. The van der Waals surface area contributed by atoms with Gasteiger partial charge in [-0.05, 0) is 19.1 Å². The van der Waals surface area contributed by atoms with E-state index < -0.39 is 17.5 Å². The topological polar surface area (TPSA) is 46.5 Å². The molecule has 80 valence electrons. The smallest absolute Gasteiger partial charge is 0.322 e. The van der Waals surface area contributed by atoms with Crippen molar-refractivity contribution in [2.45, 2.75) is 29.3 Å². The second kappa shape index (κ2) is 4.24. The van der Waals surface area contributed by atoms with Crippen LogP contribution in [-0.4, -0.2) is 28.5 Å². The highest BCUT2D eigenvalue weighted by Gasteiger charge is 2.41. The molecule has 0 amide bonds. The molecule has 3 nitrogen and oxygen atoms in total. The summed E-state index contributed by atoms with van der Waals surface area (Å²) >= 11 is 1.35. The summed E-state index contributed by atoms with van der Waals surface area (Å²) in [5, 5.41) is 9.22. The molecule has 0 saturated carbocycles. The lowest BCUT2D eigenvalue weighted by molar-refractivity contribution is -0.140. The SMILES string of the molecule is C[C@H]1OC(=O)[C@@H](Sc2ccccc2)[C@H]1O. The molecule has 1 heterocycles. The lowest BCUT2D eigenvalue weighted by Crippen LogP contribution is -2.26. The molecular weight excluding hydrogens is 212 g/mol. The molecule has 1 N–H and O–H groups in total. The first-order valence-corrected chi connectivity index (χ1v) is 5.67. The first-order valence-electron chi connectivity index (χ1n) is 4.79. The van der Waals surface area contributed by atoms with Crippen molar-refractivity contribution >= 4 is 17.7 Å². The van der Waals surface area contributed by atoms with Gasteiger partial charge in [0, 0.05) is 4.90 Å². The van der Waals surface area contributed by atoms with E-state index in [1.807, 2.05) is 30.3 Å². The summed E-state index contributed by atoms with van der Waals surface area (Å²) in [7, 11) is 0. The molecule has 0 bridgehead atoms. The van der Waals surface area contributed by atoms with Crippen molar-refractivity contribution in [2.24, 2.45) is 0 Å². The Morgan fingerprint density at radius 1 is 1.33 bits per heavy atom. The third-order valence-electron chi connectivity index (χ3n) is 2.33. The molecule has 1 aromatic rings. The Balaban J connectivity index is 2.09. The Labute approximate surface area is 92.4 Å². The third kappa shape index (κ3) is 2.16. The normalized spacial score (nSPS) is 30.3. The Kier molecular flexibility index (Phi) is 2.98. The summed E-state index contributed by atoms with van der Waals surface area (Å²) in [5.41, 5.74) is 0. The van der Waals surface area contributed by atoms with Gasteiger partial charge in [-0.25, -0.2) is 0 Å². The molecular formula is C11H12O3S. The maximum Gasteiger partial charge on any atom is 0.322 e. The first kappa shape index (κ1) is 10.5. The number of ether oxygens (including phenoxy) is 1. The number of rotatable bonds is 2. The van der Waals surface area contributed by atoms with Crippen LogP contribution in [0, 0.1) is 0 Å². The fourth-order valence-corrected chi connectivity index (χ4v) is 2.59. The highest BCUT2D eigenvalue weighted by Crippen LogP contribution is 2.32. The lowest BCUT2D eigenvalue weighted by atomic mass is 10.2. The van der Waals surface area contributed by atoms with Gasteiger partial charge in [0.05, 0.1) is 0 Å². The maximum absolute atomic E-state index is 11.4. The minimum atomic E-state index is -0.720. The van der Waals surface area contributed by atoms with Crippen LogP contribution in [-0.2, 0) is 9.53 Å². The predicted molar refractivity (Wildman–Crippen MR) is 57.6 cm³/mol. The van der Waals surface area contributed by atoms with Crippen LogP contribution in [0.2, 0.25) is 0 Å². The maximum atomic E-state index is 11.4. The van der Waals surface area contributed by atoms with E-state index in [1.165, 1.54) is 11.8 Å². The molecule has 0 radical (unpaired) electrons. The molecule has 0 unspecified atom stereocenters. The van der Waals surface area contributed by atoms with E-state index in [-0.39, 0.29) is 5.97 Å². The van der Waals surface area contributed by atoms with Gasteiger partial charge in [0.1, 0.15) is 17.5 Å². The van der Waals surface area contributed by atoms with Gasteiger partial charge in [-0.15, -0.1) is 11.8 Å². The quantitative estimate of drug-likeness (QED) is 0.772. The van der Waals surface area contributed by atoms with Gasteiger partial charge in [0.25, 0.3) is 0 Å². The van der Waals surface area contributed by atoms with Crippen LogP contribution in [0.3, 0.4) is 0 Å². The first-order chi connectivity index (χ1) is 7.18. The van der Waals surface area contributed by atoms with Crippen LogP contribution in [0.1, 0.15) is 6.92 Å². The molecule has 0 spiro atoms. The number of hydrogen-bond donors (Lipinski definition) is 1. The number of carbonyl (C=O) groups excluding carboxylic acids is 1. The van der Waals surface area contributed by atoms with Crippen molar-refractivity contribution in [3.8, 4) is 0 Å². The predicted octanol–water partition coefficient (Wildman–Crippen LogP) is 1.45. The average molecular weight is 224 g/mol. The van der Waals surface area contributed by atoms with Crippen LogP contribution in [0.15, 0.2) is 35.2 Å². The van der Waals surface area contributed by atoms with E-state index in [1.54, 1.807) is 6.92 Å². The van der Waals surface area contributed by atoms with Crippen molar-refractivity contribution in [3.05, 3.63) is 30.3 Å². The minimum Gasteiger partial charge on any atom is -0.459 e. The van der Waals surface area contributed by atoms with E-state index in [0.717, 1.165) is 4.90 Å². The van der Waals surface area contributed by atoms with E-state index in [2.05, 4.69) is 0 Å². The highest BCUT2D eigenvalue weighted by atomic mass is 32.2. The van der Waals surface area contributed by atoms with E-state index in [4.69, 9.17) is 4.74 Å². The van der Waals surface area contributed by atoms with Gasteiger partial charge >= 0.3 is 5.97 Å². The van der Waals surface area contributed by atoms with Crippen LogP contribution >= 0.6 is 11.8 Å². The van der Waals surface area contributed by atoms with Gasteiger partial charge in [0.2, 0.25) is 0 Å². The number of aliphatic hydroxyl groups is 1. The van der Waals surface area contributed by atoms with E-state index in [0.29, 0.717) is 0 Å². The molecule has 1 aliphatic heterocycles. The van der Waals surface area contributed by atoms with Crippen molar-refractivity contribution in [3.63, 3.8) is 0 Å².